The summed E-state index contributed by atoms with van der Waals surface area (Å²) in [6, 6.07) is 0.185. The second-order valence-electron chi connectivity index (χ2n) is 5.21. The molecular weight excluding hydrogens is 232 g/mol. The molecule has 18 heavy (non-hydrogen) atoms. The van der Waals surface area contributed by atoms with Crippen molar-refractivity contribution in [2.24, 2.45) is 5.92 Å². The second-order valence-corrected chi connectivity index (χ2v) is 5.21. The lowest BCUT2D eigenvalue weighted by atomic mass is 9.87. The molecule has 0 heterocycles. The Morgan fingerprint density at radius 2 is 1.83 bits per heavy atom. The molecule has 0 atom stereocenters. The first kappa shape index (κ1) is 14.8. The van der Waals surface area contributed by atoms with Crippen molar-refractivity contribution in [1.82, 2.24) is 10.6 Å². The number of urea groups is 1. The van der Waals surface area contributed by atoms with E-state index in [9.17, 15) is 9.59 Å². The van der Waals surface area contributed by atoms with Crippen LogP contribution in [0.1, 0.15) is 51.9 Å². The van der Waals surface area contributed by atoms with Gasteiger partial charge in [-0.3, -0.25) is 4.79 Å². The molecule has 1 saturated carbocycles. The summed E-state index contributed by atoms with van der Waals surface area (Å²) < 4.78 is 0. The van der Waals surface area contributed by atoms with Crippen molar-refractivity contribution >= 4 is 12.0 Å². The second kappa shape index (κ2) is 7.95. The zero-order chi connectivity index (χ0) is 13.4. The molecule has 1 aliphatic rings. The number of carbonyl (C=O) groups is 2. The Hall–Kier alpha value is -1.26. The van der Waals surface area contributed by atoms with Crippen molar-refractivity contribution in [3.63, 3.8) is 0 Å². The van der Waals surface area contributed by atoms with E-state index in [1.54, 1.807) is 0 Å². The third-order valence-corrected chi connectivity index (χ3v) is 3.45. The molecule has 0 aromatic heterocycles. The lowest BCUT2D eigenvalue weighted by Crippen LogP contribution is -2.43. The largest absolute Gasteiger partial charge is 0.481 e. The number of carbonyl (C=O) groups excluding carboxylic acids is 1. The van der Waals surface area contributed by atoms with Gasteiger partial charge in [0.2, 0.25) is 0 Å². The van der Waals surface area contributed by atoms with E-state index >= 15 is 0 Å². The average molecular weight is 256 g/mol. The van der Waals surface area contributed by atoms with E-state index < -0.39 is 5.97 Å². The number of carboxylic acid groups (broad SMARTS) is 1. The minimum absolute atomic E-state index is 0.120. The van der Waals surface area contributed by atoms with Crippen LogP contribution >= 0.6 is 0 Å². The molecule has 5 heteroatoms. The number of unbranched alkanes of at least 4 members (excludes halogenated alkanes) is 1. The van der Waals surface area contributed by atoms with E-state index in [0.717, 1.165) is 18.8 Å². The molecule has 0 aliphatic heterocycles. The molecule has 1 fully saturated rings. The number of aliphatic carboxylic acids is 1. The normalized spacial score (nSPS) is 23.4. The van der Waals surface area contributed by atoms with Gasteiger partial charge in [-0.15, -0.1) is 0 Å². The highest BCUT2D eigenvalue weighted by Gasteiger charge is 2.19. The third-order valence-electron chi connectivity index (χ3n) is 3.45. The zero-order valence-electron chi connectivity index (χ0n) is 11.1. The maximum Gasteiger partial charge on any atom is 0.315 e. The van der Waals surface area contributed by atoms with E-state index in [1.165, 1.54) is 12.8 Å². The van der Waals surface area contributed by atoms with Crippen LogP contribution in [0, 0.1) is 5.92 Å². The van der Waals surface area contributed by atoms with E-state index in [-0.39, 0.29) is 12.5 Å². The van der Waals surface area contributed by atoms with Gasteiger partial charge in [0.1, 0.15) is 0 Å². The van der Waals surface area contributed by atoms with Gasteiger partial charge in [-0.2, -0.15) is 0 Å². The number of amides is 2. The summed E-state index contributed by atoms with van der Waals surface area (Å²) in [6.45, 7) is 2.79. The first-order chi connectivity index (χ1) is 8.58. The summed E-state index contributed by atoms with van der Waals surface area (Å²) in [5.41, 5.74) is 0. The van der Waals surface area contributed by atoms with E-state index in [1.807, 2.05) is 0 Å². The summed E-state index contributed by atoms with van der Waals surface area (Å²) in [6.07, 6.45) is 5.98. The lowest BCUT2D eigenvalue weighted by molar-refractivity contribution is -0.137. The van der Waals surface area contributed by atoms with Crippen LogP contribution in [0.5, 0.6) is 0 Å². The van der Waals surface area contributed by atoms with Gasteiger partial charge in [0.15, 0.2) is 0 Å². The SMILES string of the molecule is CC1CCC(NC(=O)NCCCCC(=O)O)CC1. The molecule has 0 spiro atoms. The van der Waals surface area contributed by atoms with Gasteiger partial charge in [0.05, 0.1) is 0 Å². The molecule has 0 aromatic carbocycles. The standard InChI is InChI=1S/C13H24N2O3/c1-10-5-7-11(8-6-10)15-13(18)14-9-3-2-4-12(16)17/h10-11H,2-9H2,1H3,(H,16,17)(H2,14,15,18). The monoisotopic (exact) mass is 256 g/mol. The van der Waals surface area contributed by atoms with Gasteiger partial charge >= 0.3 is 12.0 Å². The van der Waals surface area contributed by atoms with Gasteiger partial charge in [0.25, 0.3) is 0 Å². The third kappa shape index (κ3) is 6.47. The minimum Gasteiger partial charge on any atom is -0.481 e. The highest BCUT2D eigenvalue weighted by Crippen LogP contribution is 2.23. The Balaban J connectivity index is 2.01. The summed E-state index contributed by atoms with van der Waals surface area (Å²) in [4.78, 5) is 21.8. The quantitative estimate of drug-likeness (QED) is 0.637. The minimum atomic E-state index is -0.782. The van der Waals surface area contributed by atoms with Gasteiger partial charge in [0, 0.05) is 19.0 Å². The molecule has 0 aromatic rings. The number of hydrogen-bond acceptors (Lipinski definition) is 2. The molecule has 0 bridgehead atoms. The lowest BCUT2D eigenvalue weighted by Gasteiger charge is -2.26. The maximum absolute atomic E-state index is 11.6. The van der Waals surface area contributed by atoms with E-state index in [4.69, 9.17) is 5.11 Å². The van der Waals surface area contributed by atoms with Gasteiger partial charge < -0.3 is 15.7 Å². The Labute approximate surface area is 108 Å². The molecule has 1 aliphatic carbocycles. The van der Waals surface area contributed by atoms with E-state index in [2.05, 4.69) is 17.6 Å². The highest BCUT2D eigenvalue weighted by atomic mass is 16.4. The number of hydrogen-bond donors (Lipinski definition) is 3. The molecule has 3 N–H and O–H groups in total. The Bertz CT molecular complexity index is 273. The van der Waals surface area contributed by atoms with Gasteiger partial charge in [-0.25, -0.2) is 4.79 Å². The molecule has 5 nitrogen and oxygen atoms in total. The van der Waals surface area contributed by atoms with Crippen molar-refractivity contribution in [2.45, 2.75) is 57.9 Å². The van der Waals surface area contributed by atoms with Crippen molar-refractivity contribution in [2.75, 3.05) is 6.54 Å². The number of rotatable bonds is 6. The molecule has 0 unspecified atom stereocenters. The summed E-state index contributed by atoms with van der Waals surface area (Å²) in [7, 11) is 0. The molecule has 1 rings (SSSR count). The van der Waals surface area contributed by atoms with Gasteiger partial charge in [-0.1, -0.05) is 6.92 Å². The number of carboxylic acids is 1. The van der Waals surface area contributed by atoms with Crippen LogP contribution in [-0.2, 0) is 4.79 Å². The maximum atomic E-state index is 11.6. The van der Waals surface area contributed by atoms with Crippen LogP contribution < -0.4 is 10.6 Å². The first-order valence-electron chi connectivity index (χ1n) is 6.84. The van der Waals surface area contributed by atoms with Crippen LogP contribution in [0.25, 0.3) is 0 Å². The van der Waals surface area contributed by atoms with Crippen LogP contribution in [0.2, 0.25) is 0 Å². The fourth-order valence-electron chi connectivity index (χ4n) is 2.24. The van der Waals surface area contributed by atoms with Gasteiger partial charge in [-0.05, 0) is 44.4 Å². The van der Waals surface area contributed by atoms with E-state index in [0.29, 0.717) is 25.4 Å². The first-order valence-corrected chi connectivity index (χ1v) is 6.84. The molecule has 2 amide bonds. The smallest absolute Gasteiger partial charge is 0.315 e. The Morgan fingerprint density at radius 1 is 1.17 bits per heavy atom. The number of nitrogens with one attached hydrogen (secondary N) is 2. The summed E-state index contributed by atoms with van der Waals surface area (Å²) in [5, 5.41) is 14.2. The Kier molecular flexibility index (Phi) is 6.54. The van der Waals surface area contributed by atoms with Crippen LogP contribution in [0.15, 0.2) is 0 Å². The fourth-order valence-corrected chi connectivity index (χ4v) is 2.24. The summed E-state index contributed by atoms with van der Waals surface area (Å²) >= 11 is 0. The molecule has 0 radical (unpaired) electrons. The van der Waals surface area contributed by atoms with Crippen molar-refractivity contribution in [3.8, 4) is 0 Å². The Morgan fingerprint density at radius 3 is 2.44 bits per heavy atom. The average Bonchev–Trinajstić information content (AvgIpc) is 2.31. The fraction of sp³-hybridized carbons (Fsp3) is 0.846. The highest BCUT2D eigenvalue weighted by molar-refractivity contribution is 5.74. The summed E-state index contributed by atoms with van der Waals surface area (Å²) in [5.74, 6) is -0.00194. The van der Waals surface area contributed by atoms with Crippen molar-refractivity contribution < 1.29 is 14.7 Å². The predicted molar refractivity (Wildman–Crippen MR) is 69.4 cm³/mol. The molecule has 0 saturated heterocycles. The predicted octanol–water partition coefficient (Wildman–Crippen LogP) is 2.12. The van der Waals surface area contributed by atoms with Crippen LogP contribution in [0.3, 0.4) is 0 Å². The van der Waals surface area contributed by atoms with Crippen molar-refractivity contribution in [1.29, 1.82) is 0 Å². The topological polar surface area (TPSA) is 78.4 Å². The van der Waals surface area contributed by atoms with Crippen molar-refractivity contribution in [3.05, 3.63) is 0 Å². The molecule has 104 valence electrons. The van der Waals surface area contributed by atoms with Crippen LogP contribution in [0.4, 0.5) is 4.79 Å². The zero-order valence-corrected chi connectivity index (χ0v) is 11.1. The molecular formula is C13H24N2O3. The van der Waals surface area contributed by atoms with Crippen LogP contribution in [-0.4, -0.2) is 29.7 Å².